The molecule has 11 heteroatoms. The number of likely N-dealkylation sites (tertiary alicyclic amines) is 1. The summed E-state index contributed by atoms with van der Waals surface area (Å²) in [5, 5.41) is 5.89. The van der Waals surface area contributed by atoms with Gasteiger partial charge in [-0.15, -0.1) is 0 Å². The molecule has 0 radical (unpaired) electrons. The van der Waals surface area contributed by atoms with Gasteiger partial charge in [0.05, 0.1) is 26.3 Å². The van der Waals surface area contributed by atoms with Crippen LogP contribution in [0.2, 0.25) is 0 Å². The van der Waals surface area contributed by atoms with Gasteiger partial charge in [0.2, 0.25) is 0 Å². The topological polar surface area (TPSA) is 125 Å². The zero-order valence-electron chi connectivity index (χ0n) is 24.5. The minimum atomic E-state index is -0.518. The van der Waals surface area contributed by atoms with Gasteiger partial charge in [-0.3, -0.25) is 14.4 Å². The van der Waals surface area contributed by atoms with Crippen molar-refractivity contribution in [2.45, 2.75) is 31.5 Å². The normalized spacial score (nSPS) is 19.9. The van der Waals surface area contributed by atoms with Crippen molar-refractivity contribution in [1.29, 1.82) is 0 Å². The SMILES string of the molecule is COc1ccc(OCC(=O)N2C[C@@H]3NC(=O)c4cc(cc(OCC5CC5)c4)OCC(=O)NCc4ccc(cc4)O[C@H]3C2)cc1. The van der Waals surface area contributed by atoms with E-state index < -0.39 is 12.1 Å². The quantitative estimate of drug-likeness (QED) is 0.424. The number of fused-ring (bicyclic) bond motifs is 7. The van der Waals surface area contributed by atoms with Crippen LogP contribution in [0.1, 0.15) is 28.8 Å². The molecular weight excluding hydrogens is 566 g/mol. The monoisotopic (exact) mass is 601 g/mol. The maximum absolute atomic E-state index is 13.6. The Kier molecular flexibility index (Phi) is 8.71. The van der Waals surface area contributed by atoms with Gasteiger partial charge >= 0.3 is 0 Å². The molecule has 3 aliphatic heterocycles. The van der Waals surface area contributed by atoms with E-state index in [4.69, 9.17) is 23.7 Å². The third kappa shape index (κ3) is 7.52. The summed E-state index contributed by atoms with van der Waals surface area (Å²) in [4.78, 5) is 40.9. The first kappa shape index (κ1) is 29.2. The molecule has 4 bridgehead atoms. The number of ether oxygens (including phenoxy) is 5. The lowest BCUT2D eigenvalue weighted by molar-refractivity contribution is -0.132. The Balaban J connectivity index is 1.21. The molecule has 3 aromatic rings. The lowest BCUT2D eigenvalue weighted by Crippen LogP contribution is -2.45. The first-order valence-corrected chi connectivity index (χ1v) is 14.7. The largest absolute Gasteiger partial charge is 0.497 e. The second-order valence-corrected chi connectivity index (χ2v) is 11.2. The van der Waals surface area contributed by atoms with Crippen molar-refractivity contribution in [3.63, 3.8) is 0 Å². The summed E-state index contributed by atoms with van der Waals surface area (Å²) in [6.45, 7) is 0.985. The van der Waals surface area contributed by atoms with Crippen LogP contribution in [-0.2, 0) is 16.1 Å². The van der Waals surface area contributed by atoms with Gasteiger partial charge in [-0.2, -0.15) is 0 Å². The predicted octanol–water partition coefficient (Wildman–Crippen LogP) is 2.96. The van der Waals surface area contributed by atoms with Crippen molar-refractivity contribution in [2.24, 2.45) is 5.92 Å². The summed E-state index contributed by atoms with van der Waals surface area (Å²) in [7, 11) is 1.58. The van der Waals surface area contributed by atoms with Crippen LogP contribution < -0.4 is 34.3 Å². The zero-order valence-corrected chi connectivity index (χ0v) is 24.5. The van der Waals surface area contributed by atoms with Crippen LogP contribution in [0.25, 0.3) is 0 Å². The van der Waals surface area contributed by atoms with Crippen molar-refractivity contribution < 1.29 is 38.1 Å². The van der Waals surface area contributed by atoms with Crippen LogP contribution in [0.3, 0.4) is 0 Å². The summed E-state index contributed by atoms with van der Waals surface area (Å²) < 4.78 is 28.9. The molecular formula is C33H35N3O8. The van der Waals surface area contributed by atoms with Crippen LogP contribution in [0.15, 0.2) is 66.7 Å². The number of rotatable bonds is 7. The number of nitrogens with one attached hydrogen (secondary N) is 2. The van der Waals surface area contributed by atoms with E-state index in [1.165, 1.54) is 0 Å². The molecule has 2 N–H and O–H groups in total. The van der Waals surface area contributed by atoms with Gasteiger partial charge in [-0.25, -0.2) is 0 Å². The first-order chi connectivity index (χ1) is 21.4. The van der Waals surface area contributed by atoms with E-state index in [9.17, 15) is 14.4 Å². The number of hydrogen-bond donors (Lipinski definition) is 2. The van der Waals surface area contributed by atoms with Gasteiger partial charge in [-0.05, 0) is 72.9 Å². The Morgan fingerprint density at radius 2 is 1.68 bits per heavy atom. The van der Waals surface area contributed by atoms with Crippen LogP contribution in [-0.4, -0.2) is 74.8 Å². The number of nitrogens with zero attached hydrogens (tertiary/aromatic N) is 1. The fraction of sp³-hybridized carbons (Fsp3) is 0.364. The first-order valence-electron chi connectivity index (χ1n) is 14.7. The molecule has 2 fully saturated rings. The van der Waals surface area contributed by atoms with E-state index >= 15 is 0 Å². The Bertz CT molecular complexity index is 1490. The number of methoxy groups -OCH3 is 1. The molecule has 1 saturated heterocycles. The van der Waals surface area contributed by atoms with Crippen molar-refractivity contribution >= 4 is 17.7 Å². The van der Waals surface area contributed by atoms with E-state index in [0.717, 1.165) is 18.4 Å². The Labute approximate surface area is 255 Å². The molecule has 230 valence electrons. The van der Waals surface area contributed by atoms with Crippen LogP contribution in [0.4, 0.5) is 0 Å². The highest BCUT2D eigenvalue weighted by Gasteiger charge is 2.38. The molecule has 0 aromatic heterocycles. The average molecular weight is 602 g/mol. The second kappa shape index (κ2) is 13.2. The molecule has 0 spiro atoms. The molecule has 2 atom stereocenters. The molecule has 1 aliphatic carbocycles. The fourth-order valence-electron chi connectivity index (χ4n) is 5.02. The summed E-state index contributed by atoms with van der Waals surface area (Å²) >= 11 is 0. The van der Waals surface area contributed by atoms with Gasteiger partial charge < -0.3 is 39.2 Å². The van der Waals surface area contributed by atoms with Gasteiger partial charge in [-0.1, -0.05) is 12.1 Å². The minimum Gasteiger partial charge on any atom is -0.497 e. The average Bonchev–Trinajstić information content (AvgIpc) is 3.80. The molecule has 4 aliphatic rings. The van der Waals surface area contributed by atoms with Crippen LogP contribution in [0, 0.1) is 5.92 Å². The second-order valence-electron chi connectivity index (χ2n) is 11.2. The lowest BCUT2D eigenvalue weighted by Gasteiger charge is -2.21. The van der Waals surface area contributed by atoms with E-state index in [1.807, 2.05) is 12.1 Å². The summed E-state index contributed by atoms with van der Waals surface area (Å²) in [6, 6.07) is 18.7. The maximum Gasteiger partial charge on any atom is 0.260 e. The van der Waals surface area contributed by atoms with E-state index in [-0.39, 0.29) is 44.0 Å². The summed E-state index contributed by atoms with van der Waals surface area (Å²) in [5.41, 5.74) is 1.20. The molecule has 3 heterocycles. The Hall–Kier alpha value is -4.93. The Morgan fingerprint density at radius 1 is 0.909 bits per heavy atom. The van der Waals surface area contributed by atoms with E-state index in [1.54, 1.807) is 66.6 Å². The zero-order chi connectivity index (χ0) is 30.5. The van der Waals surface area contributed by atoms with Gasteiger partial charge in [0, 0.05) is 24.7 Å². The standard InChI is InChI=1S/C33H35N3O8/c1-40-24-8-10-25(11-9-24)43-20-32(38)36-16-29-30(17-36)44-26-6-4-21(5-7-26)15-34-31(37)19-42-28-13-23(33(39)35-29)12-27(14-28)41-18-22-2-3-22/h4-14,22,29-30H,2-3,15-20H2,1H3,(H,34,37)(H,35,39)/t29-,30-/m0/s1. The number of carbonyl (C=O) groups is 3. The van der Waals surface area contributed by atoms with Gasteiger partial charge in [0.1, 0.15) is 34.9 Å². The molecule has 3 aromatic carbocycles. The lowest BCUT2D eigenvalue weighted by atomic mass is 10.1. The number of amides is 3. The van der Waals surface area contributed by atoms with Crippen LogP contribution >= 0.6 is 0 Å². The van der Waals surface area contributed by atoms with Crippen molar-refractivity contribution in [3.05, 3.63) is 77.9 Å². The van der Waals surface area contributed by atoms with Crippen LogP contribution in [0.5, 0.6) is 28.7 Å². The smallest absolute Gasteiger partial charge is 0.260 e. The minimum absolute atomic E-state index is 0.165. The maximum atomic E-state index is 13.6. The van der Waals surface area contributed by atoms with Gasteiger partial charge in [0.15, 0.2) is 13.2 Å². The summed E-state index contributed by atoms with van der Waals surface area (Å²) in [5.74, 6) is 2.26. The highest BCUT2D eigenvalue weighted by Crippen LogP contribution is 2.31. The Morgan fingerprint density at radius 3 is 2.43 bits per heavy atom. The van der Waals surface area contributed by atoms with Gasteiger partial charge in [0.25, 0.3) is 17.7 Å². The van der Waals surface area contributed by atoms with Crippen molar-refractivity contribution in [3.8, 4) is 28.7 Å². The highest BCUT2D eigenvalue weighted by molar-refractivity contribution is 5.95. The molecule has 11 nitrogen and oxygen atoms in total. The fourth-order valence-corrected chi connectivity index (χ4v) is 5.02. The molecule has 7 rings (SSSR count). The van der Waals surface area contributed by atoms with E-state index in [2.05, 4.69) is 10.6 Å². The highest BCUT2D eigenvalue weighted by atomic mass is 16.5. The van der Waals surface area contributed by atoms with Crippen molar-refractivity contribution in [1.82, 2.24) is 15.5 Å². The summed E-state index contributed by atoms with van der Waals surface area (Å²) in [6.07, 6.45) is 1.72. The molecule has 1 saturated carbocycles. The molecule has 44 heavy (non-hydrogen) atoms. The number of carbonyl (C=O) groups excluding carboxylic acids is 3. The molecule has 0 unspecified atom stereocenters. The number of hydrogen-bond acceptors (Lipinski definition) is 8. The third-order valence-corrected chi connectivity index (χ3v) is 7.75. The van der Waals surface area contributed by atoms with E-state index in [0.29, 0.717) is 53.4 Å². The predicted molar refractivity (Wildman–Crippen MR) is 159 cm³/mol. The molecule has 3 amide bonds. The third-order valence-electron chi connectivity index (χ3n) is 7.75. The van der Waals surface area contributed by atoms with Crippen molar-refractivity contribution in [2.75, 3.05) is 40.0 Å². The number of benzene rings is 3.